The number of ether oxygens (including phenoxy) is 1. The monoisotopic (exact) mass is 440 g/mol. The Morgan fingerprint density at radius 3 is 2.66 bits per heavy atom. The molecule has 3 rings (SSSR count). The molecule has 3 N–H and O–H groups in total. The number of hydrogen-bond acceptors (Lipinski definition) is 6. The highest BCUT2D eigenvalue weighted by molar-refractivity contribution is 6.07. The van der Waals surface area contributed by atoms with E-state index in [4.69, 9.17) is 14.9 Å². The molecule has 2 heterocycles. The van der Waals surface area contributed by atoms with Crippen LogP contribution in [0.4, 0.5) is 11.5 Å². The van der Waals surface area contributed by atoms with Crippen molar-refractivity contribution < 1.29 is 13.9 Å². The molecule has 0 spiro atoms. The molecule has 9 nitrogen and oxygen atoms in total. The number of carbonyl (C=O) groups is 1. The quantitative estimate of drug-likeness (QED) is 0.527. The van der Waals surface area contributed by atoms with Crippen LogP contribution in [0.1, 0.15) is 48.4 Å². The molecule has 170 valence electrons. The summed E-state index contributed by atoms with van der Waals surface area (Å²) < 4.78 is 12.2. The summed E-state index contributed by atoms with van der Waals surface area (Å²) in [5.74, 6) is 0.624. The van der Waals surface area contributed by atoms with Crippen LogP contribution in [0, 0.1) is 6.92 Å². The predicted octanol–water partition coefficient (Wildman–Crippen LogP) is 3.07. The van der Waals surface area contributed by atoms with Gasteiger partial charge >= 0.3 is 5.69 Å². The third-order valence-corrected chi connectivity index (χ3v) is 5.08. The number of nitrogens with zero attached hydrogens (tertiary/aromatic N) is 2. The lowest BCUT2D eigenvalue weighted by Gasteiger charge is -2.24. The molecule has 0 unspecified atom stereocenters. The molecule has 0 fully saturated rings. The van der Waals surface area contributed by atoms with Crippen LogP contribution in [0.25, 0.3) is 0 Å². The topological polar surface area (TPSA) is 124 Å². The molecule has 0 aliphatic heterocycles. The Morgan fingerprint density at radius 2 is 2.03 bits per heavy atom. The Labute approximate surface area is 185 Å². The van der Waals surface area contributed by atoms with Crippen LogP contribution in [0.5, 0.6) is 5.75 Å². The van der Waals surface area contributed by atoms with E-state index >= 15 is 0 Å². The van der Waals surface area contributed by atoms with Crippen molar-refractivity contribution in [3.63, 3.8) is 0 Å². The molecule has 0 aliphatic carbocycles. The molecule has 0 bridgehead atoms. The molecule has 0 atom stereocenters. The first-order valence-corrected chi connectivity index (χ1v) is 10.6. The van der Waals surface area contributed by atoms with Gasteiger partial charge in [0.25, 0.3) is 11.5 Å². The molecular weight excluding hydrogens is 412 g/mol. The molecule has 2 aromatic heterocycles. The maximum absolute atomic E-state index is 13.6. The van der Waals surface area contributed by atoms with Gasteiger partial charge in [0.15, 0.2) is 5.69 Å². The second-order valence-corrected chi connectivity index (χ2v) is 7.38. The zero-order valence-electron chi connectivity index (χ0n) is 18.5. The maximum Gasteiger partial charge on any atom is 0.330 e. The van der Waals surface area contributed by atoms with Gasteiger partial charge in [0.2, 0.25) is 0 Å². The van der Waals surface area contributed by atoms with E-state index in [-0.39, 0.29) is 18.1 Å². The summed E-state index contributed by atoms with van der Waals surface area (Å²) in [6, 6.07) is 8.43. The number of aromatic amines is 1. The number of nitrogens with two attached hydrogens (primary N) is 1. The van der Waals surface area contributed by atoms with Crippen LogP contribution in [0.2, 0.25) is 0 Å². The molecule has 32 heavy (non-hydrogen) atoms. The highest BCUT2D eigenvalue weighted by atomic mass is 16.5. The number of H-pyrrole nitrogens is 1. The van der Waals surface area contributed by atoms with Gasteiger partial charge in [-0.3, -0.25) is 24.0 Å². The third kappa shape index (κ3) is 4.77. The SMILES string of the molecule is CCCCn1c(N)c(N(Cc2ccco2)C(=O)c2ccc(OCC)c(C)c2)c(=O)[nH]c1=O. The van der Waals surface area contributed by atoms with Crippen LogP contribution in [-0.4, -0.2) is 22.1 Å². The van der Waals surface area contributed by atoms with Crippen molar-refractivity contribution in [3.8, 4) is 5.75 Å². The van der Waals surface area contributed by atoms with Crippen LogP contribution in [0.3, 0.4) is 0 Å². The van der Waals surface area contributed by atoms with Crippen LogP contribution in [-0.2, 0) is 13.1 Å². The fourth-order valence-corrected chi connectivity index (χ4v) is 3.44. The first-order valence-electron chi connectivity index (χ1n) is 10.6. The number of aromatic nitrogens is 2. The van der Waals surface area contributed by atoms with E-state index in [0.717, 1.165) is 12.0 Å². The minimum Gasteiger partial charge on any atom is -0.494 e. The fraction of sp³-hybridized carbons (Fsp3) is 0.348. The van der Waals surface area contributed by atoms with Gasteiger partial charge in [-0.15, -0.1) is 0 Å². The van der Waals surface area contributed by atoms with Crippen molar-refractivity contribution in [1.82, 2.24) is 9.55 Å². The summed E-state index contributed by atoms with van der Waals surface area (Å²) in [5.41, 5.74) is 5.97. The van der Waals surface area contributed by atoms with E-state index in [1.165, 1.54) is 15.7 Å². The minimum absolute atomic E-state index is 0.0304. The fourth-order valence-electron chi connectivity index (χ4n) is 3.44. The van der Waals surface area contributed by atoms with Crippen LogP contribution >= 0.6 is 0 Å². The van der Waals surface area contributed by atoms with E-state index in [9.17, 15) is 14.4 Å². The lowest BCUT2D eigenvalue weighted by atomic mass is 10.1. The van der Waals surface area contributed by atoms with Gasteiger partial charge in [-0.1, -0.05) is 13.3 Å². The number of unbranched alkanes of at least 4 members (excludes halogenated alkanes) is 1. The second-order valence-electron chi connectivity index (χ2n) is 7.38. The molecule has 9 heteroatoms. The molecule has 0 saturated carbocycles. The number of benzene rings is 1. The Hall–Kier alpha value is -3.75. The van der Waals surface area contributed by atoms with Crippen molar-refractivity contribution in [2.75, 3.05) is 17.2 Å². The van der Waals surface area contributed by atoms with Crippen LogP contribution in [0.15, 0.2) is 50.6 Å². The number of furan rings is 1. The number of hydrogen-bond donors (Lipinski definition) is 2. The number of amides is 1. The standard InChI is InChI=1S/C23H28N4O5/c1-4-6-11-26-20(24)19(21(28)25-23(26)30)27(14-17-8-7-12-32-17)22(29)16-9-10-18(31-5-2)15(3)13-16/h7-10,12-13H,4-6,11,14,24H2,1-3H3,(H,25,28,30). The molecule has 0 aliphatic rings. The van der Waals surface area contributed by atoms with E-state index in [0.29, 0.717) is 36.6 Å². The molecule has 1 aromatic carbocycles. The Bertz CT molecular complexity index is 1190. The molecule has 3 aromatic rings. The van der Waals surface area contributed by atoms with E-state index in [2.05, 4.69) is 4.98 Å². The van der Waals surface area contributed by atoms with Crippen molar-refractivity contribution >= 4 is 17.4 Å². The van der Waals surface area contributed by atoms with Gasteiger partial charge in [0.1, 0.15) is 17.3 Å². The highest BCUT2D eigenvalue weighted by Crippen LogP contribution is 2.25. The molecule has 1 amide bonds. The molecular formula is C23H28N4O5. The largest absolute Gasteiger partial charge is 0.494 e. The number of nitrogens with one attached hydrogen (secondary N) is 1. The second kappa shape index (κ2) is 10.0. The Kier molecular flexibility index (Phi) is 7.19. The summed E-state index contributed by atoms with van der Waals surface area (Å²) in [4.78, 5) is 42.2. The first kappa shape index (κ1) is 22.9. The lowest BCUT2D eigenvalue weighted by molar-refractivity contribution is 0.0982. The van der Waals surface area contributed by atoms with Crippen molar-refractivity contribution in [1.29, 1.82) is 0 Å². The summed E-state index contributed by atoms with van der Waals surface area (Å²) in [6.07, 6.45) is 3.01. The molecule has 0 saturated heterocycles. The lowest BCUT2D eigenvalue weighted by Crippen LogP contribution is -2.41. The average Bonchev–Trinajstić information content (AvgIpc) is 3.27. The van der Waals surface area contributed by atoms with Gasteiger partial charge in [0.05, 0.1) is 19.4 Å². The predicted molar refractivity (Wildman–Crippen MR) is 122 cm³/mol. The summed E-state index contributed by atoms with van der Waals surface area (Å²) >= 11 is 0. The summed E-state index contributed by atoms with van der Waals surface area (Å²) in [6.45, 7) is 6.50. The van der Waals surface area contributed by atoms with E-state index in [1.54, 1.807) is 30.3 Å². The first-order chi connectivity index (χ1) is 15.4. The summed E-state index contributed by atoms with van der Waals surface area (Å²) in [7, 11) is 0. The number of rotatable bonds is 9. The zero-order chi connectivity index (χ0) is 23.3. The minimum atomic E-state index is -0.734. The van der Waals surface area contributed by atoms with Crippen molar-refractivity contribution in [3.05, 3.63) is 74.3 Å². The van der Waals surface area contributed by atoms with E-state index in [1.807, 2.05) is 20.8 Å². The number of nitrogen functional groups attached to an aromatic ring is 1. The average molecular weight is 441 g/mol. The Morgan fingerprint density at radius 1 is 1.25 bits per heavy atom. The van der Waals surface area contributed by atoms with Crippen molar-refractivity contribution in [2.45, 2.75) is 46.7 Å². The molecule has 0 radical (unpaired) electrons. The number of carbonyl (C=O) groups excluding carboxylic acids is 1. The van der Waals surface area contributed by atoms with Crippen LogP contribution < -0.4 is 26.6 Å². The van der Waals surface area contributed by atoms with Gasteiger partial charge in [-0.2, -0.15) is 0 Å². The Balaban J connectivity index is 2.11. The summed E-state index contributed by atoms with van der Waals surface area (Å²) in [5, 5.41) is 0. The van der Waals surface area contributed by atoms with Gasteiger partial charge in [-0.05, 0) is 56.2 Å². The van der Waals surface area contributed by atoms with Crippen molar-refractivity contribution in [2.24, 2.45) is 0 Å². The normalized spacial score (nSPS) is 10.8. The maximum atomic E-state index is 13.6. The highest BCUT2D eigenvalue weighted by Gasteiger charge is 2.26. The zero-order valence-corrected chi connectivity index (χ0v) is 18.5. The smallest absolute Gasteiger partial charge is 0.330 e. The van der Waals surface area contributed by atoms with Gasteiger partial charge in [-0.25, -0.2) is 4.79 Å². The van der Waals surface area contributed by atoms with Gasteiger partial charge in [0, 0.05) is 12.1 Å². The van der Waals surface area contributed by atoms with E-state index < -0.39 is 17.2 Å². The third-order valence-electron chi connectivity index (χ3n) is 5.08. The van der Waals surface area contributed by atoms with Gasteiger partial charge < -0.3 is 14.9 Å². The number of aryl methyl sites for hydroxylation is 1. The number of anilines is 2.